The van der Waals surface area contributed by atoms with Crippen molar-refractivity contribution in [3.05, 3.63) is 24.3 Å². The fourth-order valence-corrected chi connectivity index (χ4v) is 3.11. The molecule has 2 aliphatic heterocycles. The number of nitrogen functional groups attached to an aromatic ring is 1. The Hall–Kier alpha value is -1.75. The summed E-state index contributed by atoms with van der Waals surface area (Å²) in [4.78, 5) is 18.8. The lowest BCUT2D eigenvalue weighted by Crippen LogP contribution is -2.49. The standard InChI is InChI=1S/C16H24N4O/c17-14-3-5-15(6-4-14)19-11-9-18(10-12-19)13-16(21)20-7-1-2-8-20/h3-6H,1-2,7-13,17H2. The minimum Gasteiger partial charge on any atom is -0.399 e. The number of anilines is 2. The van der Waals surface area contributed by atoms with E-state index in [9.17, 15) is 4.79 Å². The lowest BCUT2D eigenvalue weighted by molar-refractivity contribution is -0.131. The van der Waals surface area contributed by atoms with Crippen LogP contribution < -0.4 is 10.6 Å². The van der Waals surface area contributed by atoms with E-state index in [0.29, 0.717) is 12.5 Å². The average molecular weight is 288 g/mol. The van der Waals surface area contributed by atoms with Crippen LogP contribution in [-0.2, 0) is 4.79 Å². The molecule has 1 aromatic carbocycles. The first-order valence-corrected chi connectivity index (χ1v) is 7.83. The predicted molar refractivity (Wildman–Crippen MR) is 85.3 cm³/mol. The van der Waals surface area contributed by atoms with Crippen molar-refractivity contribution in [1.82, 2.24) is 9.80 Å². The van der Waals surface area contributed by atoms with Gasteiger partial charge in [0.1, 0.15) is 0 Å². The van der Waals surface area contributed by atoms with Gasteiger partial charge in [0, 0.05) is 50.6 Å². The second kappa shape index (κ2) is 6.35. The Morgan fingerprint density at radius 2 is 1.57 bits per heavy atom. The zero-order chi connectivity index (χ0) is 14.7. The smallest absolute Gasteiger partial charge is 0.236 e. The van der Waals surface area contributed by atoms with Crippen molar-refractivity contribution >= 4 is 17.3 Å². The van der Waals surface area contributed by atoms with Crippen LogP contribution in [0.5, 0.6) is 0 Å². The molecule has 0 aliphatic carbocycles. The number of carbonyl (C=O) groups is 1. The molecule has 2 aliphatic rings. The molecule has 0 radical (unpaired) electrons. The average Bonchev–Trinajstić information content (AvgIpc) is 3.03. The minimum atomic E-state index is 0.299. The molecule has 0 bridgehead atoms. The molecule has 0 unspecified atom stereocenters. The highest BCUT2D eigenvalue weighted by atomic mass is 16.2. The summed E-state index contributed by atoms with van der Waals surface area (Å²) < 4.78 is 0. The highest BCUT2D eigenvalue weighted by Crippen LogP contribution is 2.18. The van der Waals surface area contributed by atoms with E-state index in [2.05, 4.69) is 21.9 Å². The second-order valence-corrected chi connectivity index (χ2v) is 5.94. The summed E-state index contributed by atoms with van der Waals surface area (Å²) in [6.07, 6.45) is 2.33. The summed E-state index contributed by atoms with van der Waals surface area (Å²) in [5.74, 6) is 0.299. The number of rotatable bonds is 3. The molecule has 5 heteroatoms. The molecule has 2 N–H and O–H groups in total. The van der Waals surface area contributed by atoms with Gasteiger partial charge in [0.05, 0.1) is 6.54 Å². The van der Waals surface area contributed by atoms with Crippen molar-refractivity contribution in [2.75, 3.05) is 56.4 Å². The number of likely N-dealkylation sites (tertiary alicyclic amines) is 1. The molecular formula is C16H24N4O. The minimum absolute atomic E-state index is 0.299. The van der Waals surface area contributed by atoms with Crippen LogP contribution in [0, 0.1) is 0 Å². The number of nitrogens with zero attached hydrogens (tertiary/aromatic N) is 3. The molecule has 21 heavy (non-hydrogen) atoms. The van der Waals surface area contributed by atoms with Crippen molar-refractivity contribution in [2.45, 2.75) is 12.8 Å². The quantitative estimate of drug-likeness (QED) is 0.844. The third-order valence-electron chi connectivity index (χ3n) is 4.45. The Kier molecular flexibility index (Phi) is 4.29. The Bertz CT molecular complexity index is 474. The molecule has 3 rings (SSSR count). The van der Waals surface area contributed by atoms with E-state index in [1.165, 1.54) is 5.69 Å². The van der Waals surface area contributed by atoms with Crippen molar-refractivity contribution in [2.24, 2.45) is 0 Å². The maximum absolute atomic E-state index is 12.2. The highest BCUT2D eigenvalue weighted by molar-refractivity contribution is 5.78. The van der Waals surface area contributed by atoms with Gasteiger partial charge in [-0.05, 0) is 37.1 Å². The van der Waals surface area contributed by atoms with Crippen molar-refractivity contribution in [3.8, 4) is 0 Å². The van der Waals surface area contributed by atoms with E-state index in [1.54, 1.807) is 0 Å². The van der Waals surface area contributed by atoms with Crippen LogP contribution >= 0.6 is 0 Å². The van der Waals surface area contributed by atoms with Gasteiger partial charge in [-0.2, -0.15) is 0 Å². The van der Waals surface area contributed by atoms with E-state index in [0.717, 1.165) is 57.8 Å². The first-order valence-electron chi connectivity index (χ1n) is 7.83. The van der Waals surface area contributed by atoms with Crippen LogP contribution in [0.25, 0.3) is 0 Å². The molecule has 2 fully saturated rings. The molecule has 1 amide bonds. The maximum Gasteiger partial charge on any atom is 0.236 e. The Morgan fingerprint density at radius 1 is 0.952 bits per heavy atom. The van der Waals surface area contributed by atoms with E-state index in [4.69, 9.17) is 5.73 Å². The number of hydrogen-bond acceptors (Lipinski definition) is 4. The third-order valence-corrected chi connectivity index (χ3v) is 4.45. The SMILES string of the molecule is Nc1ccc(N2CCN(CC(=O)N3CCCC3)CC2)cc1. The van der Waals surface area contributed by atoms with Gasteiger partial charge >= 0.3 is 0 Å². The van der Waals surface area contributed by atoms with Gasteiger partial charge in [-0.25, -0.2) is 0 Å². The molecule has 0 aromatic heterocycles. The second-order valence-electron chi connectivity index (χ2n) is 5.94. The number of benzene rings is 1. The number of piperazine rings is 1. The fourth-order valence-electron chi connectivity index (χ4n) is 3.11. The Labute approximate surface area is 126 Å². The van der Waals surface area contributed by atoms with Gasteiger partial charge in [-0.15, -0.1) is 0 Å². The molecule has 5 nitrogen and oxygen atoms in total. The van der Waals surface area contributed by atoms with Crippen molar-refractivity contribution in [3.63, 3.8) is 0 Å². The van der Waals surface area contributed by atoms with Gasteiger partial charge in [0.25, 0.3) is 0 Å². The van der Waals surface area contributed by atoms with Gasteiger partial charge in [0.15, 0.2) is 0 Å². The number of nitrogens with two attached hydrogens (primary N) is 1. The lowest BCUT2D eigenvalue weighted by Gasteiger charge is -2.36. The topological polar surface area (TPSA) is 52.8 Å². The van der Waals surface area contributed by atoms with Crippen LogP contribution in [-0.4, -0.2) is 61.5 Å². The van der Waals surface area contributed by atoms with Gasteiger partial charge in [0.2, 0.25) is 5.91 Å². The number of carbonyl (C=O) groups excluding carboxylic acids is 1. The summed E-state index contributed by atoms with van der Waals surface area (Å²) in [6, 6.07) is 8.03. The summed E-state index contributed by atoms with van der Waals surface area (Å²) in [5, 5.41) is 0. The first kappa shape index (κ1) is 14.2. The highest BCUT2D eigenvalue weighted by Gasteiger charge is 2.23. The first-order chi connectivity index (χ1) is 10.2. The largest absolute Gasteiger partial charge is 0.399 e. The number of hydrogen-bond donors (Lipinski definition) is 1. The molecule has 0 atom stereocenters. The van der Waals surface area contributed by atoms with Crippen LogP contribution in [0.3, 0.4) is 0 Å². The summed E-state index contributed by atoms with van der Waals surface area (Å²) >= 11 is 0. The zero-order valence-electron chi connectivity index (χ0n) is 12.5. The zero-order valence-corrected chi connectivity index (χ0v) is 12.5. The van der Waals surface area contributed by atoms with Crippen LogP contribution in [0.4, 0.5) is 11.4 Å². The van der Waals surface area contributed by atoms with Crippen LogP contribution in [0.15, 0.2) is 24.3 Å². The van der Waals surface area contributed by atoms with Gasteiger partial charge in [-0.3, -0.25) is 9.69 Å². The summed E-state index contributed by atoms with van der Waals surface area (Å²) in [5.41, 5.74) is 7.74. The molecule has 0 spiro atoms. The monoisotopic (exact) mass is 288 g/mol. The third kappa shape index (κ3) is 3.47. The molecule has 2 heterocycles. The molecule has 114 valence electrons. The van der Waals surface area contributed by atoms with Crippen LogP contribution in [0.2, 0.25) is 0 Å². The summed E-state index contributed by atoms with van der Waals surface area (Å²) in [6.45, 7) is 6.31. The fraction of sp³-hybridized carbons (Fsp3) is 0.562. The maximum atomic E-state index is 12.2. The lowest BCUT2D eigenvalue weighted by atomic mass is 10.2. The Morgan fingerprint density at radius 3 is 2.19 bits per heavy atom. The predicted octanol–water partition coefficient (Wildman–Crippen LogP) is 1.01. The molecule has 1 aromatic rings. The Balaban J connectivity index is 1.48. The van der Waals surface area contributed by atoms with Crippen molar-refractivity contribution in [1.29, 1.82) is 0 Å². The normalized spacial score (nSPS) is 20.0. The van der Waals surface area contributed by atoms with Gasteiger partial charge in [-0.1, -0.05) is 0 Å². The van der Waals surface area contributed by atoms with E-state index >= 15 is 0 Å². The van der Waals surface area contributed by atoms with Crippen molar-refractivity contribution < 1.29 is 4.79 Å². The number of amides is 1. The summed E-state index contributed by atoms with van der Waals surface area (Å²) in [7, 11) is 0. The molecule has 0 saturated carbocycles. The van der Waals surface area contributed by atoms with Gasteiger partial charge < -0.3 is 15.5 Å². The van der Waals surface area contributed by atoms with Crippen LogP contribution in [0.1, 0.15) is 12.8 Å². The molecule has 2 saturated heterocycles. The van der Waals surface area contributed by atoms with E-state index in [1.807, 2.05) is 17.0 Å². The molecular weight excluding hydrogens is 264 g/mol. The van der Waals surface area contributed by atoms with E-state index < -0.39 is 0 Å². The van der Waals surface area contributed by atoms with E-state index in [-0.39, 0.29) is 0 Å².